The van der Waals surface area contributed by atoms with Crippen molar-refractivity contribution in [2.45, 2.75) is 31.1 Å². The van der Waals surface area contributed by atoms with Crippen molar-refractivity contribution in [3.8, 4) is 11.3 Å². The summed E-state index contributed by atoms with van der Waals surface area (Å²) in [6, 6.07) is 4.00. The van der Waals surface area contributed by atoms with Crippen LogP contribution in [-0.2, 0) is 0 Å². The molecule has 0 aliphatic heterocycles. The summed E-state index contributed by atoms with van der Waals surface area (Å²) in [4.78, 5) is 0. The van der Waals surface area contributed by atoms with Crippen molar-refractivity contribution in [3.05, 3.63) is 46.1 Å². The Bertz CT molecular complexity index is 717. The molecule has 0 saturated heterocycles. The zero-order chi connectivity index (χ0) is 13.9. The Hall–Kier alpha value is -1.55. The first-order chi connectivity index (χ1) is 9.63. The molecule has 1 heterocycles. The fraction of sp³-hybridized carbons (Fsp3) is 0.333. The Morgan fingerprint density at radius 2 is 1.75 bits per heavy atom. The summed E-state index contributed by atoms with van der Waals surface area (Å²) in [5.74, 6) is -0.814. The molecule has 0 amide bonds. The van der Waals surface area contributed by atoms with Crippen molar-refractivity contribution in [2.24, 2.45) is 0 Å². The van der Waals surface area contributed by atoms with E-state index in [1.807, 2.05) is 6.07 Å². The lowest BCUT2D eigenvalue weighted by Crippen LogP contribution is -2.04. The highest BCUT2D eigenvalue weighted by atomic mass is 35.5. The van der Waals surface area contributed by atoms with E-state index in [9.17, 15) is 8.78 Å². The van der Waals surface area contributed by atoms with Gasteiger partial charge < -0.3 is 0 Å². The van der Waals surface area contributed by atoms with Crippen molar-refractivity contribution in [2.75, 3.05) is 0 Å². The maximum atomic E-state index is 13.4. The summed E-state index contributed by atoms with van der Waals surface area (Å²) in [6.45, 7) is 0. The first-order valence-corrected chi connectivity index (χ1v) is 7.03. The quantitative estimate of drug-likeness (QED) is 0.726. The zero-order valence-corrected chi connectivity index (χ0v) is 11.3. The average molecular weight is 293 g/mol. The van der Waals surface area contributed by atoms with E-state index in [-0.39, 0.29) is 5.02 Å². The third kappa shape index (κ3) is 1.67. The van der Waals surface area contributed by atoms with Crippen LogP contribution in [0.3, 0.4) is 0 Å². The van der Waals surface area contributed by atoms with E-state index in [1.165, 1.54) is 18.4 Å². The van der Waals surface area contributed by atoms with E-state index >= 15 is 0 Å². The lowest BCUT2D eigenvalue weighted by atomic mass is 9.95. The lowest BCUT2D eigenvalue weighted by molar-refractivity contribution is 0.509. The first-order valence-electron chi connectivity index (χ1n) is 6.66. The molecule has 2 atom stereocenters. The molecular formula is C15H11ClF2N2. The summed E-state index contributed by atoms with van der Waals surface area (Å²) < 4.78 is 26.5. The molecular weight excluding hydrogens is 282 g/mol. The van der Waals surface area contributed by atoms with Crippen LogP contribution in [0.25, 0.3) is 11.3 Å². The molecule has 5 heteroatoms. The van der Waals surface area contributed by atoms with Crippen LogP contribution < -0.4 is 0 Å². The van der Waals surface area contributed by atoms with Gasteiger partial charge in [0, 0.05) is 11.5 Å². The predicted octanol–water partition coefficient (Wildman–Crippen LogP) is 4.44. The van der Waals surface area contributed by atoms with Crippen LogP contribution in [0.5, 0.6) is 0 Å². The SMILES string of the molecule is Fc1cc(Cl)c(-c2cc3c(nn2)C2CCC3C2)cc1F. The molecule has 2 nitrogen and oxygen atoms in total. The maximum Gasteiger partial charge on any atom is 0.160 e. The van der Waals surface area contributed by atoms with Gasteiger partial charge in [-0.05, 0) is 48.9 Å². The minimum Gasteiger partial charge on any atom is -0.204 e. The van der Waals surface area contributed by atoms with E-state index in [0.717, 1.165) is 24.2 Å². The molecule has 4 rings (SSSR count). The van der Waals surface area contributed by atoms with Gasteiger partial charge in [-0.25, -0.2) is 8.78 Å². The fourth-order valence-electron chi connectivity index (χ4n) is 3.42. The second kappa shape index (κ2) is 4.22. The van der Waals surface area contributed by atoms with Gasteiger partial charge in [-0.1, -0.05) is 11.6 Å². The Labute approximate surface area is 119 Å². The molecule has 2 unspecified atom stereocenters. The summed E-state index contributed by atoms with van der Waals surface area (Å²) in [5, 5.41) is 8.59. The molecule has 1 aromatic heterocycles. The fourth-order valence-corrected chi connectivity index (χ4v) is 3.67. The maximum absolute atomic E-state index is 13.4. The standard InChI is InChI=1S/C15H11ClF2N2/c16-11-6-13(18)12(17)4-10(11)14-5-9-7-1-2-8(3-7)15(9)20-19-14/h4-8H,1-3H2. The average Bonchev–Trinajstić information content (AvgIpc) is 3.04. The summed E-state index contributed by atoms with van der Waals surface area (Å²) in [7, 11) is 0. The number of aromatic nitrogens is 2. The Morgan fingerprint density at radius 1 is 1.00 bits per heavy atom. The molecule has 2 aliphatic carbocycles. The lowest BCUT2D eigenvalue weighted by Gasteiger charge is -2.14. The minimum atomic E-state index is -0.952. The number of benzene rings is 1. The van der Waals surface area contributed by atoms with Crippen LogP contribution in [0.2, 0.25) is 5.02 Å². The monoisotopic (exact) mass is 292 g/mol. The zero-order valence-electron chi connectivity index (χ0n) is 10.5. The number of fused-ring (bicyclic) bond motifs is 5. The van der Waals surface area contributed by atoms with Crippen molar-refractivity contribution in [1.82, 2.24) is 10.2 Å². The van der Waals surface area contributed by atoms with E-state index in [0.29, 0.717) is 23.1 Å². The molecule has 1 saturated carbocycles. The van der Waals surface area contributed by atoms with Gasteiger partial charge in [-0.3, -0.25) is 0 Å². The van der Waals surface area contributed by atoms with Crippen LogP contribution in [-0.4, -0.2) is 10.2 Å². The number of hydrogen-bond donors (Lipinski definition) is 0. The highest BCUT2D eigenvalue weighted by molar-refractivity contribution is 6.33. The molecule has 1 aromatic carbocycles. The summed E-state index contributed by atoms with van der Waals surface area (Å²) in [5.41, 5.74) is 3.18. The second-order valence-corrected chi connectivity index (χ2v) is 5.93. The van der Waals surface area contributed by atoms with Gasteiger partial charge in [0.15, 0.2) is 11.6 Å². The highest BCUT2D eigenvalue weighted by Gasteiger charge is 2.38. The van der Waals surface area contributed by atoms with E-state index in [4.69, 9.17) is 11.6 Å². The molecule has 2 aromatic rings. The van der Waals surface area contributed by atoms with Crippen molar-refractivity contribution < 1.29 is 8.78 Å². The van der Waals surface area contributed by atoms with Gasteiger partial charge in [0.05, 0.1) is 16.4 Å². The Balaban J connectivity index is 1.85. The van der Waals surface area contributed by atoms with Crippen LogP contribution >= 0.6 is 11.6 Å². The molecule has 20 heavy (non-hydrogen) atoms. The van der Waals surface area contributed by atoms with Gasteiger partial charge in [-0.15, -0.1) is 0 Å². The topological polar surface area (TPSA) is 25.8 Å². The third-order valence-corrected chi connectivity index (χ3v) is 4.71. The molecule has 2 aliphatic rings. The molecule has 2 bridgehead atoms. The Morgan fingerprint density at radius 3 is 2.60 bits per heavy atom. The van der Waals surface area contributed by atoms with Gasteiger partial charge in [0.1, 0.15) is 0 Å². The van der Waals surface area contributed by atoms with Crippen LogP contribution in [0, 0.1) is 11.6 Å². The number of halogens is 3. The number of hydrogen-bond acceptors (Lipinski definition) is 2. The van der Waals surface area contributed by atoms with Gasteiger partial charge in [0.25, 0.3) is 0 Å². The third-order valence-electron chi connectivity index (χ3n) is 4.40. The second-order valence-electron chi connectivity index (χ2n) is 5.52. The van der Waals surface area contributed by atoms with Gasteiger partial charge in [-0.2, -0.15) is 10.2 Å². The van der Waals surface area contributed by atoms with Gasteiger partial charge >= 0.3 is 0 Å². The van der Waals surface area contributed by atoms with E-state index < -0.39 is 11.6 Å². The Kier molecular flexibility index (Phi) is 2.58. The predicted molar refractivity (Wildman–Crippen MR) is 71.7 cm³/mol. The number of rotatable bonds is 1. The van der Waals surface area contributed by atoms with Crippen LogP contribution in [0.1, 0.15) is 42.4 Å². The summed E-state index contributed by atoms with van der Waals surface area (Å²) in [6.07, 6.45) is 3.49. The highest BCUT2D eigenvalue weighted by Crippen LogP contribution is 2.52. The van der Waals surface area contributed by atoms with E-state index in [2.05, 4.69) is 10.2 Å². The van der Waals surface area contributed by atoms with Crippen molar-refractivity contribution in [3.63, 3.8) is 0 Å². The summed E-state index contributed by atoms with van der Waals surface area (Å²) >= 11 is 5.99. The molecule has 0 spiro atoms. The number of nitrogens with zero attached hydrogens (tertiary/aromatic N) is 2. The largest absolute Gasteiger partial charge is 0.204 e. The smallest absolute Gasteiger partial charge is 0.160 e. The van der Waals surface area contributed by atoms with Crippen molar-refractivity contribution >= 4 is 11.6 Å². The molecule has 0 radical (unpaired) electrons. The minimum absolute atomic E-state index is 0.154. The normalized spacial score (nSPS) is 23.1. The van der Waals surface area contributed by atoms with Crippen LogP contribution in [0.15, 0.2) is 18.2 Å². The van der Waals surface area contributed by atoms with Gasteiger partial charge in [0.2, 0.25) is 0 Å². The molecule has 0 N–H and O–H groups in total. The molecule has 1 fully saturated rings. The first kappa shape index (κ1) is 12.2. The van der Waals surface area contributed by atoms with Crippen LogP contribution in [0.4, 0.5) is 8.78 Å². The molecule has 102 valence electrons. The van der Waals surface area contributed by atoms with Crippen molar-refractivity contribution in [1.29, 1.82) is 0 Å². The van der Waals surface area contributed by atoms with E-state index in [1.54, 1.807) is 0 Å².